The summed E-state index contributed by atoms with van der Waals surface area (Å²) >= 11 is 0. The monoisotopic (exact) mass is 272 g/mol. The summed E-state index contributed by atoms with van der Waals surface area (Å²) in [6.07, 6.45) is 9.91. The number of esters is 1. The molecule has 0 aromatic heterocycles. The fraction of sp³-hybridized carbons (Fsp3) is 0.833. The molecule has 0 radical (unpaired) electrons. The maximum absolute atomic E-state index is 12.5. The minimum atomic E-state index is -0.0449. The summed E-state index contributed by atoms with van der Waals surface area (Å²) in [5.74, 6) is 1.31. The van der Waals surface area contributed by atoms with Gasteiger partial charge in [0, 0.05) is 5.92 Å². The van der Waals surface area contributed by atoms with E-state index in [1.165, 1.54) is 44.1 Å². The summed E-state index contributed by atoms with van der Waals surface area (Å²) in [7, 11) is 0. The molecule has 4 aliphatic carbocycles. The molecule has 2 heteroatoms. The van der Waals surface area contributed by atoms with Gasteiger partial charge in [0.1, 0.15) is 6.10 Å². The van der Waals surface area contributed by atoms with Crippen LogP contribution in [0.3, 0.4) is 0 Å². The highest BCUT2D eigenvalue weighted by atomic mass is 16.6. The quantitative estimate of drug-likeness (QED) is 0.494. The SMILES string of the molecule is C=C1CCCC2(C)CC3OC(=O)C4(CC45CC5)C3CC12. The standard InChI is InChI=1S/C18H24O2/c1-11-4-3-5-16(2)9-14-13(8-12(11)16)18(15(19)20-14)10-17(18)6-7-17/h12-14H,1,3-10H2,2H3. The van der Waals surface area contributed by atoms with Crippen molar-refractivity contribution < 1.29 is 9.53 Å². The van der Waals surface area contributed by atoms with Crippen LogP contribution in [0.1, 0.15) is 58.3 Å². The molecule has 0 aromatic carbocycles. The maximum Gasteiger partial charge on any atom is 0.313 e. The third-order valence-corrected chi connectivity index (χ3v) is 7.73. The lowest BCUT2D eigenvalue weighted by atomic mass is 9.54. The van der Waals surface area contributed by atoms with Gasteiger partial charge in [-0.3, -0.25) is 4.79 Å². The van der Waals surface area contributed by atoms with Gasteiger partial charge in [-0.15, -0.1) is 0 Å². The van der Waals surface area contributed by atoms with Crippen molar-refractivity contribution in [3.8, 4) is 0 Å². The molecule has 5 atom stereocenters. The van der Waals surface area contributed by atoms with Gasteiger partial charge < -0.3 is 4.74 Å². The van der Waals surface area contributed by atoms with E-state index in [-0.39, 0.29) is 17.5 Å². The Morgan fingerprint density at radius 1 is 1.30 bits per heavy atom. The Kier molecular flexibility index (Phi) is 1.88. The van der Waals surface area contributed by atoms with Gasteiger partial charge in [-0.05, 0) is 68.1 Å². The van der Waals surface area contributed by atoms with E-state index >= 15 is 0 Å². The molecule has 2 spiro atoms. The van der Waals surface area contributed by atoms with E-state index in [9.17, 15) is 4.79 Å². The molecule has 4 saturated carbocycles. The summed E-state index contributed by atoms with van der Waals surface area (Å²) in [4.78, 5) is 12.5. The maximum atomic E-state index is 12.5. The van der Waals surface area contributed by atoms with Gasteiger partial charge in [-0.2, -0.15) is 0 Å². The molecule has 2 nitrogen and oxygen atoms in total. The zero-order chi connectivity index (χ0) is 13.8. The van der Waals surface area contributed by atoms with Crippen LogP contribution in [0, 0.1) is 28.1 Å². The van der Waals surface area contributed by atoms with E-state index in [0.29, 0.717) is 22.7 Å². The lowest BCUT2D eigenvalue weighted by Gasteiger charge is -2.50. The van der Waals surface area contributed by atoms with Gasteiger partial charge in [-0.25, -0.2) is 0 Å². The van der Waals surface area contributed by atoms with Crippen molar-refractivity contribution in [2.24, 2.45) is 28.1 Å². The van der Waals surface area contributed by atoms with Crippen molar-refractivity contribution >= 4 is 5.97 Å². The highest BCUT2D eigenvalue weighted by Gasteiger charge is 2.84. The molecule has 0 bridgehead atoms. The molecule has 1 aliphatic heterocycles. The van der Waals surface area contributed by atoms with Crippen LogP contribution in [0.5, 0.6) is 0 Å². The summed E-state index contributed by atoms with van der Waals surface area (Å²) in [6, 6.07) is 0. The molecule has 20 heavy (non-hydrogen) atoms. The van der Waals surface area contributed by atoms with Gasteiger partial charge in [0.25, 0.3) is 0 Å². The van der Waals surface area contributed by atoms with Crippen molar-refractivity contribution in [1.82, 2.24) is 0 Å². The van der Waals surface area contributed by atoms with Crippen LogP contribution in [0.25, 0.3) is 0 Å². The molecule has 1 saturated heterocycles. The van der Waals surface area contributed by atoms with E-state index in [1.54, 1.807) is 0 Å². The average molecular weight is 272 g/mol. The predicted molar refractivity (Wildman–Crippen MR) is 75.9 cm³/mol. The summed E-state index contributed by atoms with van der Waals surface area (Å²) in [6.45, 7) is 6.78. The Hall–Kier alpha value is -0.790. The second-order valence-corrected chi connectivity index (χ2v) is 8.64. The molecule has 0 N–H and O–H groups in total. The normalized spacial score (nSPS) is 54.5. The first-order valence-electron chi connectivity index (χ1n) is 8.40. The number of carbonyl (C=O) groups excluding carboxylic acids is 1. The third-order valence-electron chi connectivity index (χ3n) is 7.73. The van der Waals surface area contributed by atoms with Gasteiger partial charge in [-0.1, -0.05) is 19.1 Å². The molecule has 108 valence electrons. The molecule has 5 rings (SSSR count). The van der Waals surface area contributed by atoms with E-state index in [0.717, 1.165) is 12.8 Å². The number of ether oxygens (including phenoxy) is 1. The number of rotatable bonds is 0. The average Bonchev–Trinajstić information content (AvgIpc) is 3.26. The smallest absolute Gasteiger partial charge is 0.313 e. The minimum Gasteiger partial charge on any atom is -0.462 e. The van der Waals surface area contributed by atoms with Crippen LogP contribution in [0.4, 0.5) is 0 Å². The third kappa shape index (κ3) is 1.13. The first kappa shape index (κ1) is 11.8. The van der Waals surface area contributed by atoms with Crippen molar-refractivity contribution in [3.63, 3.8) is 0 Å². The van der Waals surface area contributed by atoms with Crippen molar-refractivity contribution in [1.29, 1.82) is 0 Å². The first-order valence-corrected chi connectivity index (χ1v) is 8.40. The van der Waals surface area contributed by atoms with Gasteiger partial charge in [0.05, 0.1) is 5.41 Å². The van der Waals surface area contributed by atoms with Gasteiger partial charge in [0.15, 0.2) is 0 Å². The Bertz CT molecular complexity index is 532. The Morgan fingerprint density at radius 2 is 2.10 bits per heavy atom. The summed E-state index contributed by atoms with van der Waals surface area (Å²) in [5, 5.41) is 0. The number of allylic oxidation sites excluding steroid dienone is 1. The van der Waals surface area contributed by atoms with Gasteiger partial charge >= 0.3 is 5.97 Å². The highest BCUT2D eigenvalue weighted by molar-refractivity contribution is 5.86. The lowest BCUT2D eigenvalue weighted by Crippen LogP contribution is -2.45. The Labute approximate surface area is 120 Å². The first-order chi connectivity index (χ1) is 9.51. The zero-order valence-electron chi connectivity index (χ0n) is 12.4. The highest BCUT2D eigenvalue weighted by Crippen LogP contribution is 2.85. The second-order valence-electron chi connectivity index (χ2n) is 8.64. The van der Waals surface area contributed by atoms with E-state index in [2.05, 4.69) is 13.5 Å². The predicted octanol–water partition coefficient (Wildman–Crippen LogP) is 3.85. The van der Waals surface area contributed by atoms with Gasteiger partial charge in [0.2, 0.25) is 0 Å². The van der Waals surface area contributed by atoms with E-state index < -0.39 is 0 Å². The van der Waals surface area contributed by atoms with Crippen LogP contribution in [0.2, 0.25) is 0 Å². The molecule has 5 unspecified atom stereocenters. The number of carbonyl (C=O) groups is 1. The van der Waals surface area contributed by atoms with E-state index in [4.69, 9.17) is 4.74 Å². The fourth-order valence-electron chi connectivity index (χ4n) is 6.38. The Morgan fingerprint density at radius 3 is 2.80 bits per heavy atom. The topological polar surface area (TPSA) is 26.3 Å². The Balaban J connectivity index is 1.52. The van der Waals surface area contributed by atoms with Crippen LogP contribution in [-0.2, 0) is 9.53 Å². The fourth-order valence-corrected chi connectivity index (χ4v) is 6.38. The molecular formula is C18H24O2. The summed E-state index contributed by atoms with van der Waals surface area (Å²) < 4.78 is 5.90. The second kappa shape index (κ2) is 3.18. The molecule has 5 aliphatic rings. The van der Waals surface area contributed by atoms with Crippen molar-refractivity contribution in [2.75, 3.05) is 0 Å². The molecule has 0 amide bonds. The van der Waals surface area contributed by atoms with Crippen LogP contribution in [-0.4, -0.2) is 12.1 Å². The lowest BCUT2D eigenvalue weighted by molar-refractivity contribution is -0.147. The molecule has 1 heterocycles. The van der Waals surface area contributed by atoms with E-state index in [1.807, 2.05) is 0 Å². The largest absolute Gasteiger partial charge is 0.462 e. The number of hydrogen-bond donors (Lipinski definition) is 0. The molecule has 5 fully saturated rings. The minimum absolute atomic E-state index is 0.0449. The molecular weight excluding hydrogens is 248 g/mol. The van der Waals surface area contributed by atoms with Crippen LogP contribution < -0.4 is 0 Å². The van der Waals surface area contributed by atoms with Crippen molar-refractivity contribution in [3.05, 3.63) is 12.2 Å². The van der Waals surface area contributed by atoms with Crippen LogP contribution in [0.15, 0.2) is 12.2 Å². The number of fused-ring (bicyclic) bond motifs is 4. The van der Waals surface area contributed by atoms with Crippen LogP contribution >= 0.6 is 0 Å². The van der Waals surface area contributed by atoms with Crippen molar-refractivity contribution in [2.45, 2.75) is 64.4 Å². The number of hydrogen-bond acceptors (Lipinski definition) is 2. The zero-order valence-corrected chi connectivity index (χ0v) is 12.4. The molecule has 0 aromatic rings. The summed E-state index contributed by atoms with van der Waals surface area (Å²) in [5.41, 5.74) is 2.15.